The highest BCUT2D eigenvalue weighted by molar-refractivity contribution is 6.40. The minimum atomic E-state index is -0.0560. The molecule has 0 fully saturated rings. The molecule has 5 nitrogen and oxygen atoms in total. The lowest BCUT2D eigenvalue weighted by molar-refractivity contribution is -0.0829. The van der Waals surface area contributed by atoms with Crippen molar-refractivity contribution in [3.8, 4) is 0 Å². The summed E-state index contributed by atoms with van der Waals surface area (Å²) >= 11 is 0. The van der Waals surface area contributed by atoms with Crippen molar-refractivity contribution in [3.05, 3.63) is 0 Å². The summed E-state index contributed by atoms with van der Waals surface area (Å²) in [4.78, 5) is 4.49. The smallest absolute Gasteiger partial charge is 0.137 e. The molecule has 4 radical (unpaired) electrons. The molecular formula is C18H37NO4Si2. The zero-order valence-electron chi connectivity index (χ0n) is 16.6. The molecule has 0 heterocycles. The fourth-order valence-corrected chi connectivity index (χ4v) is 4.40. The molecule has 7 heteroatoms. The second kappa shape index (κ2) is 20.3. The molecule has 0 atom stereocenters. The van der Waals surface area contributed by atoms with Gasteiger partial charge in [0.15, 0.2) is 0 Å². The van der Waals surface area contributed by atoms with E-state index in [2.05, 4.69) is 4.99 Å². The average molecular weight is 388 g/mol. The highest BCUT2D eigenvalue weighted by atomic mass is 28.2. The third kappa shape index (κ3) is 17.1. The number of unbranched alkanes of at least 4 members (excludes halogenated alkanes) is 3. The lowest BCUT2D eigenvalue weighted by Crippen LogP contribution is -2.24. The minimum Gasteiger partial charge on any atom is -0.357 e. The Morgan fingerprint density at radius 2 is 1.24 bits per heavy atom. The van der Waals surface area contributed by atoms with Crippen LogP contribution in [0.25, 0.3) is 0 Å². The van der Waals surface area contributed by atoms with E-state index in [9.17, 15) is 0 Å². The standard InChI is InChI=1S/C18H37NO4Si2/c1-5-20-17(21-6-2)24-15-12-10-9-11-13-19-14-16-25-18(22-7-3)23-8-4/h14,17-18H,5-13,15-16H2,1-4H3. The summed E-state index contributed by atoms with van der Waals surface area (Å²) in [5.41, 5.74) is 0. The monoisotopic (exact) mass is 387 g/mol. The number of aliphatic imine (C=N–C) groups is 1. The molecule has 0 spiro atoms. The molecule has 0 rings (SSSR count). The number of ether oxygens (including phenoxy) is 4. The molecule has 0 aliphatic heterocycles. The first kappa shape index (κ1) is 24.9. The average Bonchev–Trinajstić information content (AvgIpc) is 2.60. The summed E-state index contributed by atoms with van der Waals surface area (Å²) < 4.78 is 22.2. The van der Waals surface area contributed by atoms with Crippen molar-refractivity contribution in [2.45, 2.75) is 77.3 Å². The zero-order valence-corrected chi connectivity index (χ0v) is 18.6. The molecule has 25 heavy (non-hydrogen) atoms. The summed E-state index contributed by atoms with van der Waals surface area (Å²) in [7, 11) is 1.38. The Balaban J connectivity index is 3.47. The van der Waals surface area contributed by atoms with E-state index in [1.54, 1.807) is 0 Å². The quantitative estimate of drug-likeness (QED) is 0.147. The van der Waals surface area contributed by atoms with Crippen molar-refractivity contribution in [3.63, 3.8) is 0 Å². The van der Waals surface area contributed by atoms with Crippen molar-refractivity contribution in [2.24, 2.45) is 4.99 Å². The van der Waals surface area contributed by atoms with Crippen molar-refractivity contribution in [1.29, 1.82) is 0 Å². The Morgan fingerprint density at radius 1 is 0.720 bits per heavy atom. The van der Waals surface area contributed by atoms with E-state index in [1.165, 1.54) is 31.7 Å². The fourth-order valence-electron chi connectivity index (χ4n) is 2.14. The van der Waals surface area contributed by atoms with Crippen LogP contribution in [0.15, 0.2) is 4.99 Å². The van der Waals surface area contributed by atoms with Gasteiger partial charge in [-0.2, -0.15) is 0 Å². The van der Waals surface area contributed by atoms with E-state index in [0.717, 1.165) is 35.3 Å². The van der Waals surface area contributed by atoms with Gasteiger partial charge in [-0.05, 0) is 46.4 Å². The van der Waals surface area contributed by atoms with Crippen molar-refractivity contribution >= 4 is 25.3 Å². The second-order valence-electron chi connectivity index (χ2n) is 5.35. The summed E-state index contributed by atoms with van der Waals surface area (Å²) in [6.45, 7) is 11.8. The van der Waals surface area contributed by atoms with Gasteiger partial charge < -0.3 is 18.9 Å². The number of hydrogen-bond donors (Lipinski definition) is 0. The van der Waals surface area contributed by atoms with Crippen LogP contribution < -0.4 is 0 Å². The largest absolute Gasteiger partial charge is 0.357 e. The predicted molar refractivity (Wildman–Crippen MR) is 107 cm³/mol. The van der Waals surface area contributed by atoms with Crippen LogP contribution in [0.5, 0.6) is 0 Å². The summed E-state index contributed by atoms with van der Waals surface area (Å²) in [6.07, 6.45) is 6.97. The zero-order chi connectivity index (χ0) is 18.6. The summed E-state index contributed by atoms with van der Waals surface area (Å²) in [6, 6.07) is 2.15. The van der Waals surface area contributed by atoms with Gasteiger partial charge in [0.1, 0.15) is 30.9 Å². The third-order valence-corrected chi connectivity index (χ3v) is 5.70. The highest BCUT2D eigenvalue weighted by Gasteiger charge is 2.08. The number of nitrogens with zero attached hydrogens (tertiary/aromatic N) is 1. The molecule has 0 aliphatic rings. The second-order valence-corrected chi connectivity index (χ2v) is 8.02. The number of hydrogen-bond acceptors (Lipinski definition) is 5. The first-order valence-corrected chi connectivity index (χ1v) is 12.3. The lowest BCUT2D eigenvalue weighted by Gasteiger charge is -2.15. The minimum absolute atomic E-state index is 0.0117. The van der Waals surface area contributed by atoms with E-state index in [-0.39, 0.29) is 11.8 Å². The SMILES string of the molecule is CCOC(OCC)[Si]CC=NCCCCCC[Si]C(OCC)OCC. The Hall–Kier alpha value is -0.0562. The molecule has 0 saturated heterocycles. The van der Waals surface area contributed by atoms with Crippen LogP contribution in [-0.2, 0) is 18.9 Å². The molecule has 0 aliphatic carbocycles. The normalized spacial score (nSPS) is 12.1. The molecule has 0 saturated carbocycles. The molecule has 0 aromatic rings. The Morgan fingerprint density at radius 3 is 1.80 bits per heavy atom. The van der Waals surface area contributed by atoms with E-state index < -0.39 is 0 Å². The molecule has 0 aromatic heterocycles. The molecule has 0 bridgehead atoms. The molecular weight excluding hydrogens is 350 g/mol. The van der Waals surface area contributed by atoms with Crippen LogP contribution in [0.1, 0.15) is 53.4 Å². The topological polar surface area (TPSA) is 49.3 Å². The maximum Gasteiger partial charge on any atom is 0.137 e. The van der Waals surface area contributed by atoms with Gasteiger partial charge >= 0.3 is 0 Å². The molecule has 0 N–H and O–H groups in total. The van der Waals surface area contributed by atoms with Crippen LogP contribution in [-0.4, -0.2) is 70.1 Å². The Kier molecular flexibility index (Phi) is 20.2. The lowest BCUT2D eigenvalue weighted by atomic mass is 10.2. The van der Waals surface area contributed by atoms with Gasteiger partial charge in [0.05, 0.1) is 0 Å². The summed E-state index contributed by atoms with van der Waals surface area (Å²) in [5, 5.41) is 0. The van der Waals surface area contributed by atoms with Crippen LogP contribution in [0.4, 0.5) is 0 Å². The van der Waals surface area contributed by atoms with Crippen LogP contribution in [0.3, 0.4) is 0 Å². The molecule has 0 amide bonds. The van der Waals surface area contributed by atoms with Crippen LogP contribution >= 0.6 is 0 Å². The first-order chi connectivity index (χ1) is 12.3. The van der Waals surface area contributed by atoms with E-state index in [1.807, 2.05) is 33.9 Å². The maximum atomic E-state index is 5.57. The molecule has 146 valence electrons. The van der Waals surface area contributed by atoms with E-state index in [4.69, 9.17) is 18.9 Å². The molecule has 0 unspecified atom stereocenters. The summed E-state index contributed by atoms with van der Waals surface area (Å²) in [5.74, 6) is -0.0443. The Labute approximate surface area is 159 Å². The first-order valence-electron chi connectivity index (χ1n) is 9.69. The highest BCUT2D eigenvalue weighted by Crippen LogP contribution is 2.06. The van der Waals surface area contributed by atoms with Gasteiger partial charge in [-0.1, -0.05) is 25.3 Å². The third-order valence-electron chi connectivity index (χ3n) is 3.30. The van der Waals surface area contributed by atoms with Crippen molar-refractivity contribution in [2.75, 3.05) is 33.0 Å². The van der Waals surface area contributed by atoms with Gasteiger partial charge in [0, 0.05) is 33.0 Å². The molecule has 0 aromatic carbocycles. The van der Waals surface area contributed by atoms with Gasteiger partial charge in [-0.25, -0.2) is 0 Å². The van der Waals surface area contributed by atoms with Gasteiger partial charge in [-0.15, -0.1) is 0 Å². The number of rotatable bonds is 19. The predicted octanol–water partition coefficient (Wildman–Crippen LogP) is 3.58. The van der Waals surface area contributed by atoms with Crippen LogP contribution in [0, 0.1) is 0 Å². The van der Waals surface area contributed by atoms with E-state index >= 15 is 0 Å². The van der Waals surface area contributed by atoms with Gasteiger partial charge in [0.2, 0.25) is 0 Å². The van der Waals surface area contributed by atoms with E-state index in [0.29, 0.717) is 22.7 Å². The van der Waals surface area contributed by atoms with Crippen molar-refractivity contribution in [1.82, 2.24) is 0 Å². The van der Waals surface area contributed by atoms with Crippen molar-refractivity contribution < 1.29 is 18.9 Å². The van der Waals surface area contributed by atoms with Gasteiger partial charge in [-0.3, -0.25) is 4.99 Å². The Bertz CT molecular complexity index is 284. The van der Waals surface area contributed by atoms with Crippen LogP contribution in [0.2, 0.25) is 12.1 Å². The fraction of sp³-hybridized carbons (Fsp3) is 0.944. The van der Waals surface area contributed by atoms with Gasteiger partial charge in [0.25, 0.3) is 0 Å². The maximum absolute atomic E-state index is 5.57.